The summed E-state index contributed by atoms with van der Waals surface area (Å²) in [5.41, 5.74) is 0.673. The van der Waals surface area contributed by atoms with E-state index >= 15 is 0 Å². The lowest BCUT2D eigenvalue weighted by molar-refractivity contribution is -0.115. The molecule has 1 N–H and O–H groups in total. The Balaban J connectivity index is 1.69. The molecule has 0 spiro atoms. The van der Waals surface area contributed by atoms with Crippen molar-refractivity contribution in [3.63, 3.8) is 0 Å². The van der Waals surface area contributed by atoms with E-state index in [0.29, 0.717) is 10.7 Å². The summed E-state index contributed by atoms with van der Waals surface area (Å²) < 4.78 is 24.6. The Bertz CT molecular complexity index is 1010. The van der Waals surface area contributed by atoms with E-state index in [1.165, 1.54) is 24.3 Å². The van der Waals surface area contributed by atoms with E-state index in [4.69, 9.17) is 11.6 Å². The molecule has 1 amide bonds. The van der Waals surface area contributed by atoms with E-state index in [2.05, 4.69) is 5.32 Å². The summed E-state index contributed by atoms with van der Waals surface area (Å²) in [6.07, 6.45) is -0.117. The molecular formula is C19H16ClNO3S. The number of sulfone groups is 1. The molecule has 25 heavy (non-hydrogen) atoms. The van der Waals surface area contributed by atoms with Crippen molar-refractivity contribution in [1.29, 1.82) is 0 Å². The van der Waals surface area contributed by atoms with E-state index in [1.807, 2.05) is 36.4 Å². The highest BCUT2D eigenvalue weighted by Gasteiger charge is 2.16. The van der Waals surface area contributed by atoms with Crippen molar-refractivity contribution in [2.45, 2.75) is 11.3 Å². The molecule has 0 aliphatic carbocycles. The number of amides is 1. The van der Waals surface area contributed by atoms with Crippen LogP contribution in [0.15, 0.2) is 71.6 Å². The Labute approximate surface area is 151 Å². The Hall–Kier alpha value is -2.37. The molecule has 0 aliphatic heterocycles. The molecule has 0 heterocycles. The Kier molecular flexibility index (Phi) is 5.06. The topological polar surface area (TPSA) is 63.2 Å². The third kappa shape index (κ3) is 4.18. The fraction of sp³-hybridized carbons (Fsp3) is 0.105. The standard InChI is InChI=1S/C19H16ClNO3S/c20-15-8-10-16(11-9-15)25(23,24)13-12-19(22)21-18-7-3-5-14-4-1-2-6-17(14)18/h1-11H,12-13H2,(H,21,22). The van der Waals surface area contributed by atoms with Gasteiger partial charge < -0.3 is 5.32 Å². The fourth-order valence-corrected chi connectivity index (χ4v) is 3.90. The number of hydrogen-bond acceptors (Lipinski definition) is 3. The van der Waals surface area contributed by atoms with Gasteiger partial charge in [-0.25, -0.2) is 8.42 Å². The van der Waals surface area contributed by atoms with Gasteiger partial charge in [-0.3, -0.25) is 4.79 Å². The van der Waals surface area contributed by atoms with Crippen LogP contribution in [0.25, 0.3) is 10.8 Å². The predicted molar refractivity (Wildman–Crippen MR) is 101 cm³/mol. The molecule has 4 nitrogen and oxygen atoms in total. The number of anilines is 1. The monoisotopic (exact) mass is 373 g/mol. The molecule has 0 radical (unpaired) electrons. The summed E-state index contributed by atoms with van der Waals surface area (Å²) in [4.78, 5) is 12.4. The molecule has 0 aliphatic rings. The minimum absolute atomic E-state index is 0.117. The highest BCUT2D eigenvalue weighted by atomic mass is 35.5. The molecule has 6 heteroatoms. The molecule has 3 aromatic rings. The van der Waals surface area contributed by atoms with Crippen LogP contribution in [0.3, 0.4) is 0 Å². The molecule has 0 fully saturated rings. The Morgan fingerprint density at radius 1 is 0.920 bits per heavy atom. The normalized spacial score (nSPS) is 11.4. The van der Waals surface area contributed by atoms with Gasteiger partial charge in [-0.05, 0) is 35.7 Å². The lowest BCUT2D eigenvalue weighted by Gasteiger charge is -2.09. The molecule has 0 bridgehead atoms. The SMILES string of the molecule is O=C(CCS(=O)(=O)c1ccc(Cl)cc1)Nc1cccc2ccccc12. The van der Waals surface area contributed by atoms with Gasteiger partial charge in [0.05, 0.1) is 10.6 Å². The van der Waals surface area contributed by atoms with Crippen molar-refractivity contribution in [2.24, 2.45) is 0 Å². The van der Waals surface area contributed by atoms with Crippen LogP contribution in [0.1, 0.15) is 6.42 Å². The van der Waals surface area contributed by atoms with Crippen LogP contribution < -0.4 is 5.32 Å². The number of hydrogen-bond donors (Lipinski definition) is 1. The largest absolute Gasteiger partial charge is 0.325 e. The second-order valence-electron chi connectivity index (χ2n) is 5.60. The zero-order chi connectivity index (χ0) is 17.9. The van der Waals surface area contributed by atoms with Crippen LogP contribution in [-0.4, -0.2) is 20.1 Å². The molecule has 0 saturated carbocycles. The molecule has 3 aromatic carbocycles. The van der Waals surface area contributed by atoms with Crippen LogP contribution in [0, 0.1) is 0 Å². The Morgan fingerprint density at radius 3 is 2.36 bits per heavy atom. The molecule has 128 valence electrons. The summed E-state index contributed by atoms with van der Waals surface area (Å²) >= 11 is 5.77. The van der Waals surface area contributed by atoms with Gasteiger partial charge in [-0.15, -0.1) is 0 Å². The van der Waals surface area contributed by atoms with Crippen molar-refractivity contribution < 1.29 is 13.2 Å². The first kappa shape index (κ1) is 17.5. The van der Waals surface area contributed by atoms with Gasteiger partial charge in [-0.1, -0.05) is 48.0 Å². The van der Waals surface area contributed by atoms with Crippen molar-refractivity contribution in [3.05, 3.63) is 71.8 Å². The molecule has 3 rings (SSSR count). The molecule has 0 unspecified atom stereocenters. The predicted octanol–water partition coefficient (Wildman–Crippen LogP) is 4.30. The van der Waals surface area contributed by atoms with Crippen LogP contribution >= 0.6 is 11.6 Å². The third-order valence-electron chi connectivity index (χ3n) is 3.83. The average molecular weight is 374 g/mol. The minimum atomic E-state index is -3.53. The minimum Gasteiger partial charge on any atom is -0.325 e. The summed E-state index contributed by atoms with van der Waals surface area (Å²) in [6, 6.07) is 19.2. The van der Waals surface area contributed by atoms with E-state index in [1.54, 1.807) is 6.07 Å². The smallest absolute Gasteiger partial charge is 0.225 e. The summed E-state index contributed by atoms with van der Waals surface area (Å²) in [7, 11) is -3.53. The maximum Gasteiger partial charge on any atom is 0.225 e. The number of carbonyl (C=O) groups is 1. The number of fused-ring (bicyclic) bond motifs is 1. The quantitative estimate of drug-likeness (QED) is 0.725. The third-order valence-corrected chi connectivity index (χ3v) is 5.82. The van der Waals surface area contributed by atoms with Gasteiger partial charge in [0.2, 0.25) is 5.91 Å². The van der Waals surface area contributed by atoms with Crippen molar-refractivity contribution in [1.82, 2.24) is 0 Å². The maximum absolute atomic E-state index is 12.3. The Morgan fingerprint density at radius 2 is 1.60 bits per heavy atom. The van der Waals surface area contributed by atoms with Crippen LogP contribution in [0.5, 0.6) is 0 Å². The van der Waals surface area contributed by atoms with Gasteiger partial charge in [0.15, 0.2) is 9.84 Å². The van der Waals surface area contributed by atoms with E-state index in [-0.39, 0.29) is 23.0 Å². The van der Waals surface area contributed by atoms with Gasteiger partial charge >= 0.3 is 0 Å². The highest BCUT2D eigenvalue weighted by Crippen LogP contribution is 2.23. The molecule has 0 atom stereocenters. The number of rotatable bonds is 5. The summed E-state index contributed by atoms with van der Waals surface area (Å²) in [5, 5.41) is 5.18. The van der Waals surface area contributed by atoms with Gasteiger partial charge in [0.25, 0.3) is 0 Å². The summed E-state index contributed by atoms with van der Waals surface area (Å²) in [5.74, 6) is -0.598. The lowest BCUT2D eigenvalue weighted by Crippen LogP contribution is -2.17. The first-order valence-corrected chi connectivity index (χ1v) is 9.75. The molecular weight excluding hydrogens is 358 g/mol. The zero-order valence-electron chi connectivity index (χ0n) is 13.3. The van der Waals surface area contributed by atoms with Gasteiger partial charge in [0, 0.05) is 22.5 Å². The van der Waals surface area contributed by atoms with Crippen LogP contribution in [-0.2, 0) is 14.6 Å². The first-order chi connectivity index (χ1) is 12.0. The first-order valence-electron chi connectivity index (χ1n) is 7.72. The second-order valence-corrected chi connectivity index (χ2v) is 8.14. The fourth-order valence-electron chi connectivity index (χ4n) is 2.53. The van der Waals surface area contributed by atoms with E-state index in [9.17, 15) is 13.2 Å². The van der Waals surface area contributed by atoms with Gasteiger partial charge in [-0.2, -0.15) is 0 Å². The molecule has 0 aromatic heterocycles. The van der Waals surface area contributed by atoms with Crippen LogP contribution in [0.4, 0.5) is 5.69 Å². The average Bonchev–Trinajstić information content (AvgIpc) is 2.61. The maximum atomic E-state index is 12.3. The second kappa shape index (κ2) is 7.25. The van der Waals surface area contributed by atoms with Crippen LogP contribution in [0.2, 0.25) is 5.02 Å². The highest BCUT2D eigenvalue weighted by molar-refractivity contribution is 7.91. The number of nitrogens with one attached hydrogen (secondary N) is 1. The van der Waals surface area contributed by atoms with Crippen molar-refractivity contribution in [3.8, 4) is 0 Å². The number of carbonyl (C=O) groups excluding carboxylic acids is 1. The van der Waals surface area contributed by atoms with E-state index < -0.39 is 9.84 Å². The number of halogens is 1. The number of benzene rings is 3. The lowest BCUT2D eigenvalue weighted by atomic mass is 10.1. The summed E-state index contributed by atoms with van der Waals surface area (Å²) in [6.45, 7) is 0. The zero-order valence-corrected chi connectivity index (χ0v) is 14.8. The van der Waals surface area contributed by atoms with Crippen molar-refractivity contribution in [2.75, 3.05) is 11.1 Å². The van der Waals surface area contributed by atoms with Crippen molar-refractivity contribution >= 4 is 43.8 Å². The van der Waals surface area contributed by atoms with E-state index in [0.717, 1.165) is 10.8 Å². The molecule has 0 saturated heterocycles. The van der Waals surface area contributed by atoms with Gasteiger partial charge in [0.1, 0.15) is 0 Å².